The minimum absolute atomic E-state index is 0.0701. The summed E-state index contributed by atoms with van der Waals surface area (Å²) in [5.74, 6) is -0.186. The molecule has 0 heterocycles. The molecule has 0 unspecified atom stereocenters. The van der Waals surface area contributed by atoms with Crippen molar-refractivity contribution < 1.29 is 22.7 Å². The number of alkyl halides is 3. The summed E-state index contributed by atoms with van der Waals surface area (Å²) in [6.45, 7) is 0. The lowest BCUT2D eigenvalue weighted by atomic mass is 10.1. The van der Waals surface area contributed by atoms with Crippen LogP contribution in [-0.4, -0.2) is 13.0 Å². The van der Waals surface area contributed by atoms with Crippen LogP contribution in [0.2, 0.25) is 0 Å². The first kappa shape index (κ1) is 14.9. The third kappa shape index (κ3) is 3.53. The predicted molar refractivity (Wildman–Crippen MR) is 72.4 cm³/mol. The highest BCUT2D eigenvalue weighted by Gasteiger charge is 2.30. The van der Waals surface area contributed by atoms with Crippen LogP contribution in [0, 0.1) is 0 Å². The molecule has 2 aromatic rings. The van der Waals surface area contributed by atoms with E-state index in [1.807, 2.05) is 0 Å². The van der Waals surface area contributed by atoms with Gasteiger partial charge in [-0.25, -0.2) is 0 Å². The molecule has 2 aromatic carbocycles. The highest BCUT2D eigenvalue weighted by Crippen LogP contribution is 2.31. The molecule has 0 aliphatic carbocycles. The van der Waals surface area contributed by atoms with Crippen LogP contribution in [0.1, 0.15) is 15.9 Å². The summed E-state index contributed by atoms with van der Waals surface area (Å²) in [4.78, 5) is 12.1. The summed E-state index contributed by atoms with van der Waals surface area (Å²) in [7, 11) is 1.41. The summed E-state index contributed by atoms with van der Waals surface area (Å²) in [5.41, 5.74) is -0.501. The molecule has 0 spiro atoms. The van der Waals surface area contributed by atoms with Crippen molar-refractivity contribution in [3.05, 3.63) is 59.7 Å². The van der Waals surface area contributed by atoms with Crippen molar-refractivity contribution in [1.29, 1.82) is 0 Å². The molecule has 0 bridgehead atoms. The maximum absolute atomic E-state index is 12.6. The third-order valence-corrected chi connectivity index (χ3v) is 2.80. The van der Waals surface area contributed by atoms with Gasteiger partial charge >= 0.3 is 6.18 Å². The molecule has 1 N–H and O–H groups in total. The lowest BCUT2D eigenvalue weighted by Gasteiger charge is -2.11. The molecule has 0 aromatic heterocycles. The van der Waals surface area contributed by atoms with Gasteiger partial charge in [-0.2, -0.15) is 13.2 Å². The van der Waals surface area contributed by atoms with Gasteiger partial charge in [0.25, 0.3) is 5.91 Å². The molecule has 3 nitrogen and oxygen atoms in total. The Morgan fingerprint density at radius 2 is 1.81 bits per heavy atom. The molecule has 1 amide bonds. The number of carbonyl (C=O) groups excluding carboxylic acids is 1. The van der Waals surface area contributed by atoms with Crippen LogP contribution in [0.3, 0.4) is 0 Å². The second-order valence-electron chi connectivity index (χ2n) is 4.23. The number of hydrogen-bond donors (Lipinski definition) is 1. The molecule has 0 radical (unpaired) electrons. The predicted octanol–water partition coefficient (Wildman–Crippen LogP) is 3.97. The fraction of sp³-hybridized carbons (Fsp3) is 0.133. The van der Waals surface area contributed by atoms with E-state index in [0.29, 0.717) is 5.75 Å². The molecule has 6 heteroatoms. The van der Waals surface area contributed by atoms with Crippen molar-refractivity contribution in [2.75, 3.05) is 12.4 Å². The Bertz CT molecular complexity index is 653. The van der Waals surface area contributed by atoms with Crippen molar-refractivity contribution in [1.82, 2.24) is 0 Å². The van der Waals surface area contributed by atoms with Gasteiger partial charge in [0.15, 0.2) is 0 Å². The number of carbonyl (C=O) groups is 1. The van der Waals surface area contributed by atoms with E-state index in [1.54, 1.807) is 18.2 Å². The number of benzene rings is 2. The first-order chi connectivity index (χ1) is 9.91. The number of amides is 1. The largest absolute Gasteiger partial charge is 0.496 e. The summed E-state index contributed by atoms with van der Waals surface area (Å²) >= 11 is 0. The van der Waals surface area contributed by atoms with Gasteiger partial charge in [0, 0.05) is 5.69 Å². The molecule has 0 aliphatic heterocycles. The Kier molecular flexibility index (Phi) is 4.16. The number of anilines is 1. The van der Waals surface area contributed by atoms with E-state index in [1.165, 1.54) is 25.3 Å². The number of methoxy groups -OCH3 is 1. The van der Waals surface area contributed by atoms with Gasteiger partial charge in [-0.3, -0.25) is 4.79 Å². The molecular weight excluding hydrogens is 283 g/mol. The first-order valence-corrected chi connectivity index (χ1v) is 6.03. The smallest absolute Gasteiger partial charge is 0.416 e. The highest BCUT2D eigenvalue weighted by molar-refractivity contribution is 6.06. The van der Waals surface area contributed by atoms with Gasteiger partial charge in [0.05, 0.1) is 18.2 Å². The zero-order valence-corrected chi connectivity index (χ0v) is 11.1. The molecular formula is C15H12F3NO2. The van der Waals surface area contributed by atoms with Crippen LogP contribution < -0.4 is 10.1 Å². The van der Waals surface area contributed by atoms with Crippen molar-refractivity contribution in [3.63, 3.8) is 0 Å². The number of ether oxygens (including phenoxy) is 1. The van der Waals surface area contributed by atoms with E-state index in [9.17, 15) is 18.0 Å². The van der Waals surface area contributed by atoms with E-state index >= 15 is 0 Å². The second-order valence-corrected chi connectivity index (χ2v) is 4.23. The molecule has 0 atom stereocenters. The third-order valence-electron chi connectivity index (χ3n) is 2.80. The topological polar surface area (TPSA) is 38.3 Å². The van der Waals surface area contributed by atoms with Crippen LogP contribution in [0.4, 0.5) is 18.9 Å². The van der Waals surface area contributed by atoms with E-state index < -0.39 is 17.6 Å². The molecule has 2 rings (SSSR count). The highest BCUT2D eigenvalue weighted by atomic mass is 19.4. The number of rotatable bonds is 3. The van der Waals surface area contributed by atoms with Gasteiger partial charge in [-0.05, 0) is 30.3 Å². The van der Waals surface area contributed by atoms with Crippen molar-refractivity contribution in [3.8, 4) is 5.75 Å². The fourth-order valence-corrected chi connectivity index (χ4v) is 1.80. The Morgan fingerprint density at radius 1 is 1.10 bits per heavy atom. The molecule has 110 valence electrons. The number of para-hydroxylation sites is 1. The zero-order valence-electron chi connectivity index (χ0n) is 11.1. The lowest BCUT2D eigenvalue weighted by molar-refractivity contribution is -0.137. The minimum Gasteiger partial charge on any atom is -0.496 e. The standard InChI is InChI=1S/C15H12F3NO2/c1-21-13-8-3-2-7-12(13)14(20)19-11-6-4-5-10(9-11)15(16,17)18/h2-9H,1H3,(H,19,20). The average Bonchev–Trinajstić information content (AvgIpc) is 2.46. The van der Waals surface area contributed by atoms with E-state index in [0.717, 1.165) is 12.1 Å². The minimum atomic E-state index is -4.45. The van der Waals surface area contributed by atoms with Crippen molar-refractivity contribution in [2.24, 2.45) is 0 Å². The fourth-order valence-electron chi connectivity index (χ4n) is 1.80. The summed E-state index contributed by atoms with van der Waals surface area (Å²) in [6, 6.07) is 10.9. The molecule has 0 saturated carbocycles. The van der Waals surface area contributed by atoms with Crippen LogP contribution in [0.15, 0.2) is 48.5 Å². The Hall–Kier alpha value is -2.50. The van der Waals surface area contributed by atoms with E-state index in [-0.39, 0.29) is 11.3 Å². The number of halogens is 3. The maximum atomic E-state index is 12.6. The van der Waals surface area contributed by atoms with E-state index in [2.05, 4.69) is 5.32 Å². The van der Waals surface area contributed by atoms with Crippen LogP contribution in [0.25, 0.3) is 0 Å². The van der Waals surface area contributed by atoms with Crippen molar-refractivity contribution >= 4 is 11.6 Å². The Morgan fingerprint density at radius 3 is 2.48 bits per heavy atom. The molecule has 0 saturated heterocycles. The summed E-state index contributed by atoms with van der Waals surface area (Å²) in [6.07, 6.45) is -4.45. The number of hydrogen-bond acceptors (Lipinski definition) is 2. The second kappa shape index (κ2) is 5.87. The lowest BCUT2D eigenvalue weighted by Crippen LogP contribution is -2.14. The SMILES string of the molecule is COc1ccccc1C(=O)Nc1cccc(C(F)(F)F)c1. The normalized spacial score (nSPS) is 11.0. The van der Waals surface area contributed by atoms with Gasteiger partial charge in [0.2, 0.25) is 0 Å². The maximum Gasteiger partial charge on any atom is 0.416 e. The summed E-state index contributed by atoms with van der Waals surface area (Å²) < 4.78 is 42.9. The van der Waals surface area contributed by atoms with Gasteiger partial charge in [-0.1, -0.05) is 18.2 Å². The molecule has 21 heavy (non-hydrogen) atoms. The van der Waals surface area contributed by atoms with Gasteiger partial charge in [-0.15, -0.1) is 0 Å². The zero-order chi connectivity index (χ0) is 15.5. The monoisotopic (exact) mass is 295 g/mol. The van der Waals surface area contributed by atoms with Gasteiger partial charge < -0.3 is 10.1 Å². The Balaban J connectivity index is 2.24. The molecule has 0 fully saturated rings. The number of nitrogens with one attached hydrogen (secondary N) is 1. The molecule has 0 aliphatic rings. The quantitative estimate of drug-likeness (QED) is 0.930. The van der Waals surface area contributed by atoms with Crippen LogP contribution >= 0.6 is 0 Å². The summed E-state index contributed by atoms with van der Waals surface area (Å²) in [5, 5.41) is 2.43. The first-order valence-electron chi connectivity index (χ1n) is 6.03. The van der Waals surface area contributed by atoms with Gasteiger partial charge in [0.1, 0.15) is 5.75 Å². The van der Waals surface area contributed by atoms with Crippen LogP contribution in [0.5, 0.6) is 5.75 Å². The Labute approximate surface area is 119 Å². The average molecular weight is 295 g/mol. The van der Waals surface area contributed by atoms with Crippen molar-refractivity contribution in [2.45, 2.75) is 6.18 Å². The van der Waals surface area contributed by atoms with Crippen LogP contribution in [-0.2, 0) is 6.18 Å². The van der Waals surface area contributed by atoms with E-state index in [4.69, 9.17) is 4.74 Å².